The fourth-order valence-corrected chi connectivity index (χ4v) is 2.58. The molecule has 0 aromatic heterocycles. The van der Waals surface area contributed by atoms with Gasteiger partial charge >= 0.3 is 6.09 Å². The number of rotatable bonds is 3. The zero-order valence-corrected chi connectivity index (χ0v) is 12.3. The minimum Gasteiger partial charge on any atom is -0.444 e. The van der Waals surface area contributed by atoms with Crippen LogP contribution in [-0.4, -0.2) is 35.0 Å². The Morgan fingerprint density at radius 2 is 1.84 bits per heavy atom. The second-order valence-electron chi connectivity index (χ2n) is 6.77. The Morgan fingerprint density at radius 1 is 1.16 bits per heavy atom. The van der Waals surface area contributed by atoms with E-state index in [1.54, 1.807) is 4.90 Å². The van der Waals surface area contributed by atoms with Gasteiger partial charge in [-0.15, -0.1) is 0 Å². The van der Waals surface area contributed by atoms with Crippen molar-refractivity contribution in [3.8, 4) is 0 Å². The number of carbonyl (C=O) groups excluding carboxylic acids is 2. The summed E-state index contributed by atoms with van der Waals surface area (Å²) in [6, 6.07) is 0.0525. The molecule has 1 atom stereocenters. The van der Waals surface area contributed by atoms with E-state index in [2.05, 4.69) is 0 Å². The number of nitrogens with zero attached hydrogens (tertiary/aromatic N) is 1. The molecule has 0 N–H and O–H groups in total. The predicted octanol–water partition coefficient (Wildman–Crippen LogP) is 3.15. The van der Waals surface area contributed by atoms with Gasteiger partial charge in [-0.05, 0) is 52.9 Å². The lowest BCUT2D eigenvalue weighted by Crippen LogP contribution is -2.47. The minimum atomic E-state index is -0.473. The zero-order chi connectivity index (χ0) is 14.0. The molecule has 1 aliphatic carbocycles. The number of hydrogen-bond donors (Lipinski definition) is 0. The molecule has 0 bridgehead atoms. The van der Waals surface area contributed by atoms with Crippen molar-refractivity contribution in [3.05, 3.63) is 0 Å². The number of carbonyl (C=O) groups is 2. The summed E-state index contributed by atoms with van der Waals surface area (Å²) in [6.45, 7) is 6.34. The zero-order valence-electron chi connectivity index (χ0n) is 12.3. The van der Waals surface area contributed by atoms with Crippen molar-refractivity contribution in [2.75, 3.05) is 6.54 Å². The maximum atomic E-state index is 12.2. The quantitative estimate of drug-likeness (QED) is 0.789. The van der Waals surface area contributed by atoms with Crippen LogP contribution < -0.4 is 0 Å². The van der Waals surface area contributed by atoms with E-state index in [4.69, 9.17) is 4.74 Å². The van der Waals surface area contributed by atoms with Gasteiger partial charge in [-0.1, -0.05) is 0 Å². The standard InChI is InChI=1S/C15H25NO3/c1-15(2,3)19-14(18)16-9-5-4-6-12(16)10-13(17)11-7-8-11/h11-12H,4-10H2,1-3H3. The Labute approximate surface area is 115 Å². The van der Waals surface area contributed by atoms with Crippen LogP contribution in [0, 0.1) is 5.92 Å². The van der Waals surface area contributed by atoms with Crippen LogP contribution in [0.25, 0.3) is 0 Å². The smallest absolute Gasteiger partial charge is 0.410 e. The van der Waals surface area contributed by atoms with Crippen LogP contribution in [0.4, 0.5) is 4.79 Å². The van der Waals surface area contributed by atoms with E-state index < -0.39 is 5.60 Å². The lowest BCUT2D eigenvalue weighted by molar-refractivity contribution is -0.121. The first-order chi connectivity index (χ1) is 8.87. The molecule has 1 saturated heterocycles. The van der Waals surface area contributed by atoms with Crippen LogP contribution in [0.5, 0.6) is 0 Å². The van der Waals surface area contributed by atoms with Gasteiger partial charge in [0.25, 0.3) is 0 Å². The second kappa shape index (κ2) is 5.51. The van der Waals surface area contributed by atoms with Crippen molar-refractivity contribution in [2.24, 2.45) is 5.92 Å². The normalized spacial score (nSPS) is 24.2. The summed E-state index contributed by atoms with van der Waals surface area (Å²) in [5.41, 5.74) is -0.473. The van der Waals surface area contributed by atoms with Crippen molar-refractivity contribution in [1.29, 1.82) is 0 Å². The molecule has 1 heterocycles. The molecule has 4 nitrogen and oxygen atoms in total. The van der Waals surface area contributed by atoms with Crippen molar-refractivity contribution in [2.45, 2.75) is 70.9 Å². The molecule has 0 radical (unpaired) electrons. The maximum absolute atomic E-state index is 12.2. The second-order valence-corrected chi connectivity index (χ2v) is 6.77. The first kappa shape index (κ1) is 14.4. The molecule has 1 saturated carbocycles. The summed E-state index contributed by atoms with van der Waals surface area (Å²) in [5.74, 6) is 0.614. The van der Waals surface area contributed by atoms with Gasteiger partial charge in [0.15, 0.2) is 0 Å². The molecule has 1 amide bonds. The molecule has 108 valence electrons. The van der Waals surface area contributed by atoms with Gasteiger partial charge in [-0.2, -0.15) is 0 Å². The van der Waals surface area contributed by atoms with Gasteiger partial charge in [-0.25, -0.2) is 4.79 Å². The van der Waals surface area contributed by atoms with E-state index in [9.17, 15) is 9.59 Å². The number of amides is 1. The number of hydrogen-bond acceptors (Lipinski definition) is 3. The first-order valence-corrected chi connectivity index (χ1v) is 7.39. The highest BCUT2D eigenvalue weighted by Crippen LogP contribution is 2.33. The number of likely N-dealkylation sites (tertiary alicyclic amines) is 1. The van der Waals surface area contributed by atoms with E-state index in [1.807, 2.05) is 20.8 Å². The molecule has 0 spiro atoms. The highest BCUT2D eigenvalue weighted by atomic mass is 16.6. The summed E-state index contributed by atoms with van der Waals surface area (Å²) in [4.78, 5) is 25.9. The molecule has 2 fully saturated rings. The summed E-state index contributed by atoms with van der Waals surface area (Å²) < 4.78 is 5.44. The number of ketones is 1. The summed E-state index contributed by atoms with van der Waals surface area (Å²) in [5, 5.41) is 0. The Kier molecular flexibility index (Phi) is 4.16. The summed E-state index contributed by atoms with van der Waals surface area (Å²) in [6.07, 6.45) is 5.37. The molecule has 0 aromatic rings. The van der Waals surface area contributed by atoms with E-state index in [0.717, 1.165) is 38.6 Å². The van der Waals surface area contributed by atoms with Crippen LogP contribution in [-0.2, 0) is 9.53 Å². The number of Topliss-reactive ketones (excluding diaryl/α,β-unsaturated/α-hetero) is 1. The average molecular weight is 267 g/mol. The topological polar surface area (TPSA) is 46.6 Å². The molecule has 4 heteroatoms. The third kappa shape index (κ3) is 4.22. The van der Waals surface area contributed by atoms with Gasteiger partial charge < -0.3 is 9.64 Å². The fourth-order valence-electron chi connectivity index (χ4n) is 2.58. The van der Waals surface area contributed by atoms with E-state index in [0.29, 0.717) is 12.2 Å². The molecule has 1 aliphatic heterocycles. The van der Waals surface area contributed by atoms with Gasteiger partial charge in [0.2, 0.25) is 0 Å². The lowest BCUT2D eigenvalue weighted by Gasteiger charge is -2.36. The number of piperidine rings is 1. The molecule has 1 unspecified atom stereocenters. The Bertz CT molecular complexity index is 355. The van der Waals surface area contributed by atoms with Crippen LogP contribution in [0.15, 0.2) is 0 Å². The average Bonchev–Trinajstić information content (AvgIpc) is 3.10. The van der Waals surface area contributed by atoms with Crippen molar-refractivity contribution in [3.63, 3.8) is 0 Å². The third-order valence-electron chi connectivity index (χ3n) is 3.72. The molecule has 19 heavy (non-hydrogen) atoms. The van der Waals surface area contributed by atoms with Crippen LogP contribution in [0.2, 0.25) is 0 Å². The van der Waals surface area contributed by atoms with Gasteiger partial charge in [0.1, 0.15) is 11.4 Å². The van der Waals surface area contributed by atoms with Gasteiger partial charge in [0, 0.05) is 24.9 Å². The third-order valence-corrected chi connectivity index (χ3v) is 3.72. The van der Waals surface area contributed by atoms with Crippen molar-refractivity contribution >= 4 is 11.9 Å². The first-order valence-electron chi connectivity index (χ1n) is 7.39. The summed E-state index contributed by atoms with van der Waals surface area (Å²) in [7, 11) is 0. The molecule has 0 aromatic carbocycles. The van der Waals surface area contributed by atoms with Crippen LogP contribution >= 0.6 is 0 Å². The Morgan fingerprint density at radius 3 is 2.42 bits per heavy atom. The Hall–Kier alpha value is -1.06. The van der Waals surface area contributed by atoms with Gasteiger partial charge in [-0.3, -0.25) is 4.79 Å². The molecule has 2 aliphatic rings. The highest BCUT2D eigenvalue weighted by molar-refractivity contribution is 5.84. The molecule has 2 rings (SSSR count). The van der Waals surface area contributed by atoms with E-state index >= 15 is 0 Å². The minimum absolute atomic E-state index is 0.0525. The molecular formula is C15H25NO3. The van der Waals surface area contributed by atoms with E-state index in [1.165, 1.54) is 0 Å². The molecular weight excluding hydrogens is 242 g/mol. The predicted molar refractivity (Wildman–Crippen MR) is 72.9 cm³/mol. The highest BCUT2D eigenvalue weighted by Gasteiger charge is 2.36. The van der Waals surface area contributed by atoms with Gasteiger partial charge in [0.05, 0.1) is 0 Å². The lowest BCUT2D eigenvalue weighted by atomic mass is 9.96. The monoisotopic (exact) mass is 267 g/mol. The maximum Gasteiger partial charge on any atom is 0.410 e. The van der Waals surface area contributed by atoms with E-state index in [-0.39, 0.29) is 18.1 Å². The number of ether oxygens (including phenoxy) is 1. The summed E-state index contributed by atoms with van der Waals surface area (Å²) >= 11 is 0. The Balaban J connectivity index is 1.94. The fraction of sp³-hybridized carbons (Fsp3) is 0.867. The van der Waals surface area contributed by atoms with Crippen LogP contribution in [0.3, 0.4) is 0 Å². The van der Waals surface area contributed by atoms with Crippen molar-refractivity contribution in [1.82, 2.24) is 4.90 Å². The van der Waals surface area contributed by atoms with Crippen LogP contribution in [0.1, 0.15) is 59.3 Å². The van der Waals surface area contributed by atoms with Crippen molar-refractivity contribution < 1.29 is 14.3 Å². The largest absolute Gasteiger partial charge is 0.444 e. The SMILES string of the molecule is CC(C)(C)OC(=O)N1CCCCC1CC(=O)C1CC1.